The van der Waals surface area contributed by atoms with Gasteiger partial charge in [0.2, 0.25) is 0 Å². The van der Waals surface area contributed by atoms with Crippen LogP contribution < -0.4 is 0 Å². The van der Waals surface area contributed by atoms with Crippen LogP contribution in [0.3, 0.4) is 0 Å². The Balaban J connectivity index is 3.34. The highest BCUT2D eigenvalue weighted by Crippen LogP contribution is 2.72. The first-order chi connectivity index (χ1) is 13.5. The van der Waals surface area contributed by atoms with Gasteiger partial charge >= 0.3 is 15.2 Å². The van der Waals surface area contributed by atoms with Gasteiger partial charge in [0.15, 0.2) is 5.40 Å². The van der Waals surface area contributed by atoms with E-state index in [4.69, 9.17) is 18.1 Å². The van der Waals surface area contributed by atoms with Gasteiger partial charge in [0.25, 0.3) is 0 Å². The summed E-state index contributed by atoms with van der Waals surface area (Å²) in [6.45, 7) is 13.9. The normalized spacial score (nSPS) is 21.7. The molecule has 0 saturated heterocycles. The largest absolute Gasteiger partial charge is 0.345 e. The van der Waals surface area contributed by atoms with Crippen molar-refractivity contribution in [1.29, 1.82) is 0 Å². The molecule has 1 aliphatic carbocycles. The topological polar surface area (TPSA) is 88.1 Å². The summed E-state index contributed by atoms with van der Waals surface area (Å²) >= 11 is 0. The molecule has 1 fully saturated rings. The van der Waals surface area contributed by atoms with Crippen molar-refractivity contribution in [2.45, 2.75) is 79.5 Å². The van der Waals surface area contributed by atoms with Gasteiger partial charge in [-0.25, -0.2) is 0 Å². The van der Waals surface area contributed by atoms with Crippen molar-refractivity contribution in [2.75, 3.05) is 26.4 Å². The van der Waals surface area contributed by atoms with E-state index in [-0.39, 0.29) is 50.0 Å². The minimum Gasteiger partial charge on any atom is -0.308 e. The predicted octanol–water partition coefficient (Wildman–Crippen LogP) is 6.27. The highest BCUT2D eigenvalue weighted by Gasteiger charge is 2.52. The molecule has 1 aliphatic rings. The van der Waals surface area contributed by atoms with Gasteiger partial charge in [0.1, 0.15) is 5.78 Å². The van der Waals surface area contributed by atoms with Crippen LogP contribution in [0, 0.1) is 17.3 Å². The number of Topliss-reactive ketones (excluding diaryl/α,β-unsaturated/α-hetero) is 1. The zero-order chi connectivity index (χ0) is 22.3. The molecule has 7 nitrogen and oxygen atoms in total. The molecule has 0 bridgehead atoms. The number of hydrogen-bond acceptors (Lipinski definition) is 7. The summed E-state index contributed by atoms with van der Waals surface area (Å²) in [6, 6.07) is 0. The van der Waals surface area contributed by atoms with Crippen LogP contribution in [0.1, 0.15) is 74.1 Å². The zero-order valence-corrected chi connectivity index (χ0v) is 20.9. The fourth-order valence-corrected chi connectivity index (χ4v) is 9.44. The second kappa shape index (κ2) is 11.5. The van der Waals surface area contributed by atoms with Gasteiger partial charge in [-0.1, -0.05) is 20.8 Å². The van der Waals surface area contributed by atoms with E-state index in [2.05, 4.69) is 20.8 Å². The molecule has 0 aliphatic heterocycles. The SMILES string of the molecule is CCOP(=O)(OCC)C(C[C@@H]1C[C@H](C(C)(C)C)CCC1=O)P(=O)(OCC)OCC. The summed E-state index contributed by atoms with van der Waals surface area (Å²) in [7, 11) is -7.66. The first-order valence-electron chi connectivity index (χ1n) is 10.8. The molecule has 9 heteroatoms. The van der Waals surface area contributed by atoms with Crippen molar-refractivity contribution in [3.05, 3.63) is 0 Å². The Labute approximate surface area is 176 Å². The maximum atomic E-state index is 13.7. The van der Waals surface area contributed by atoms with Gasteiger partial charge in [-0.05, 0) is 58.3 Å². The Morgan fingerprint density at radius 2 is 1.31 bits per heavy atom. The third-order valence-electron chi connectivity index (χ3n) is 5.45. The molecule has 0 aromatic rings. The number of hydrogen-bond donors (Lipinski definition) is 0. The van der Waals surface area contributed by atoms with E-state index in [1.807, 2.05) is 0 Å². The summed E-state index contributed by atoms with van der Waals surface area (Å²) in [4.78, 5) is 12.7. The van der Waals surface area contributed by atoms with Gasteiger partial charge in [-0.3, -0.25) is 13.9 Å². The third-order valence-corrected chi connectivity index (χ3v) is 11.5. The maximum absolute atomic E-state index is 13.7. The van der Waals surface area contributed by atoms with Crippen LogP contribution in [-0.2, 0) is 32.0 Å². The summed E-state index contributed by atoms with van der Waals surface area (Å²) < 4.78 is 49.5. The summed E-state index contributed by atoms with van der Waals surface area (Å²) in [5.74, 6) is 0.0824. The molecule has 0 unspecified atom stereocenters. The van der Waals surface area contributed by atoms with E-state index in [1.165, 1.54) is 0 Å². The first kappa shape index (κ1) is 27.0. The monoisotopic (exact) mass is 454 g/mol. The lowest BCUT2D eigenvalue weighted by Crippen LogP contribution is -2.34. The highest BCUT2D eigenvalue weighted by molar-refractivity contribution is 7.72. The molecule has 0 heterocycles. The number of rotatable bonds is 12. The van der Waals surface area contributed by atoms with E-state index in [1.54, 1.807) is 27.7 Å². The molecule has 29 heavy (non-hydrogen) atoms. The predicted molar refractivity (Wildman–Crippen MR) is 115 cm³/mol. The van der Waals surface area contributed by atoms with Crippen molar-refractivity contribution < 1.29 is 32.0 Å². The number of ketones is 1. The first-order valence-corrected chi connectivity index (χ1v) is 14.0. The van der Waals surface area contributed by atoms with E-state index >= 15 is 0 Å². The van der Waals surface area contributed by atoms with Crippen molar-refractivity contribution in [3.8, 4) is 0 Å². The number of carbonyl (C=O) groups excluding carboxylic acids is 1. The fourth-order valence-electron chi connectivity index (χ4n) is 3.95. The molecule has 1 rings (SSSR count). The minimum absolute atomic E-state index is 0.0571. The summed E-state index contributed by atoms with van der Waals surface area (Å²) in [6.07, 6.45) is 2.09. The molecule has 0 radical (unpaired) electrons. The fraction of sp³-hybridized carbons (Fsp3) is 0.950. The lowest BCUT2D eigenvalue weighted by Gasteiger charge is -2.39. The molecular formula is C20H40O7P2. The number of carbonyl (C=O) groups is 1. The van der Waals surface area contributed by atoms with Crippen LogP contribution in [0.4, 0.5) is 0 Å². The highest BCUT2D eigenvalue weighted by atomic mass is 31.2. The zero-order valence-electron chi connectivity index (χ0n) is 19.1. The van der Waals surface area contributed by atoms with E-state index < -0.39 is 20.6 Å². The molecule has 0 amide bonds. The maximum Gasteiger partial charge on any atom is 0.345 e. The third kappa shape index (κ3) is 7.26. The Morgan fingerprint density at radius 1 is 0.897 bits per heavy atom. The van der Waals surface area contributed by atoms with Gasteiger partial charge in [0.05, 0.1) is 26.4 Å². The molecule has 172 valence electrons. The van der Waals surface area contributed by atoms with Crippen molar-refractivity contribution in [2.24, 2.45) is 17.3 Å². The van der Waals surface area contributed by atoms with E-state index in [0.29, 0.717) is 18.8 Å². The molecule has 0 aromatic heterocycles. The second-order valence-corrected chi connectivity index (χ2v) is 13.3. The van der Waals surface area contributed by atoms with Crippen molar-refractivity contribution in [3.63, 3.8) is 0 Å². The average molecular weight is 454 g/mol. The quantitative estimate of drug-likeness (QED) is 0.321. The Hall–Kier alpha value is -0.0300. The second-order valence-electron chi connectivity index (χ2n) is 8.47. The van der Waals surface area contributed by atoms with Crippen LogP contribution in [-0.4, -0.2) is 37.6 Å². The van der Waals surface area contributed by atoms with E-state index in [9.17, 15) is 13.9 Å². The summed E-state index contributed by atoms with van der Waals surface area (Å²) in [5.41, 5.74) is 0.0571. The van der Waals surface area contributed by atoms with Gasteiger partial charge < -0.3 is 18.1 Å². The molecule has 0 N–H and O–H groups in total. The minimum atomic E-state index is -3.83. The van der Waals surface area contributed by atoms with Crippen LogP contribution in [0.25, 0.3) is 0 Å². The summed E-state index contributed by atoms with van der Waals surface area (Å²) in [5, 5.41) is -1.12. The van der Waals surface area contributed by atoms with Crippen LogP contribution in [0.5, 0.6) is 0 Å². The van der Waals surface area contributed by atoms with Gasteiger partial charge in [-0.15, -0.1) is 0 Å². The van der Waals surface area contributed by atoms with Crippen molar-refractivity contribution in [1.82, 2.24) is 0 Å². The average Bonchev–Trinajstić information content (AvgIpc) is 2.60. The van der Waals surface area contributed by atoms with Crippen molar-refractivity contribution >= 4 is 21.0 Å². The Kier molecular flexibility index (Phi) is 10.8. The molecular weight excluding hydrogens is 414 g/mol. The van der Waals surface area contributed by atoms with Gasteiger partial charge in [0, 0.05) is 12.3 Å². The molecule has 0 spiro atoms. The Bertz CT molecular complexity index is 564. The van der Waals surface area contributed by atoms with Crippen LogP contribution >= 0.6 is 15.2 Å². The molecule has 2 atom stereocenters. The smallest absolute Gasteiger partial charge is 0.308 e. The molecule has 1 saturated carbocycles. The lowest BCUT2D eigenvalue weighted by atomic mass is 9.68. The Morgan fingerprint density at radius 3 is 1.66 bits per heavy atom. The van der Waals surface area contributed by atoms with Crippen LogP contribution in [0.2, 0.25) is 0 Å². The standard InChI is InChI=1S/C20H40O7P2/c1-8-24-28(22,25-9-2)19(29(23,26-10-3)27-11-4)15-16-14-17(20(5,6)7)12-13-18(16)21/h16-17,19H,8-15H2,1-7H3/t16-,17+/m0/s1. The van der Waals surface area contributed by atoms with Gasteiger partial charge in [-0.2, -0.15) is 0 Å². The molecule has 0 aromatic carbocycles. The lowest BCUT2D eigenvalue weighted by molar-refractivity contribution is -0.126. The van der Waals surface area contributed by atoms with E-state index in [0.717, 1.165) is 6.42 Å². The van der Waals surface area contributed by atoms with Crippen LogP contribution in [0.15, 0.2) is 0 Å².